The lowest BCUT2D eigenvalue weighted by molar-refractivity contribution is -0.118. The first kappa shape index (κ1) is 14.4. The number of carbonyl (C=O) groups is 1. The highest BCUT2D eigenvalue weighted by molar-refractivity contribution is 5.84. The second-order valence-corrected chi connectivity index (χ2v) is 5.41. The van der Waals surface area contributed by atoms with E-state index in [-0.39, 0.29) is 5.78 Å². The summed E-state index contributed by atoms with van der Waals surface area (Å²) < 4.78 is 0. The molecule has 0 radical (unpaired) electrons. The van der Waals surface area contributed by atoms with Gasteiger partial charge in [-0.3, -0.25) is 9.78 Å². The summed E-state index contributed by atoms with van der Waals surface area (Å²) in [4.78, 5) is 16.4. The number of hydrogen-bond acceptors (Lipinski definition) is 2. The smallest absolute Gasteiger partial charge is 0.138 e. The van der Waals surface area contributed by atoms with Crippen LogP contribution in [-0.4, -0.2) is 10.8 Å². The second-order valence-electron chi connectivity index (χ2n) is 5.41. The Labute approximate surface area is 120 Å². The minimum Gasteiger partial charge on any atom is -0.299 e. The van der Waals surface area contributed by atoms with E-state index in [9.17, 15) is 4.79 Å². The number of rotatable bonds is 7. The number of Topliss-reactive ketones (excluding diaryl/α,β-unsaturated/α-hetero) is 1. The molecule has 1 aromatic heterocycles. The highest BCUT2D eigenvalue weighted by Crippen LogP contribution is 2.15. The minimum absolute atomic E-state index is 0.267. The molecule has 20 heavy (non-hydrogen) atoms. The van der Waals surface area contributed by atoms with Crippen LogP contribution in [0.25, 0.3) is 10.8 Å². The van der Waals surface area contributed by atoms with Crippen LogP contribution in [0.5, 0.6) is 0 Å². The Hall–Kier alpha value is -1.96. The van der Waals surface area contributed by atoms with Gasteiger partial charge in [-0.2, -0.15) is 0 Å². The molecule has 2 rings (SSSR count). The van der Waals surface area contributed by atoms with E-state index in [0.29, 0.717) is 18.8 Å². The van der Waals surface area contributed by atoms with E-state index < -0.39 is 0 Å². The summed E-state index contributed by atoms with van der Waals surface area (Å²) in [6, 6.07) is 10.1. The van der Waals surface area contributed by atoms with Crippen LogP contribution in [-0.2, 0) is 11.2 Å². The molecule has 0 aliphatic rings. The van der Waals surface area contributed by atoms with Crippen LogP contribution in [0.4, 0.5) is 0 Å². The number of fused-ring (bicyclic) bond motifs is 1. The third-order valence-corrected chi connectivity index (χ3v) is 3.55. The number of ketones is 1. The lowest BCUT2D eigenvalue weighted by Crippen LogP contribution is -2.06. The van der Waals surface area contributed by atoms with Gasteiger partial charge in [-0.25, -0.2) is 0 Å². The Kier molecular flexibility index (Phi) is 5.05. The van der Waals surface area contributed by atoms with Crippen molar-refractivity contribution in [2.24, 2.45) is 5.92 Å². The van der Waals surface area contributed by atoms with Crippen LogP contribution < -0.4 is 0 Å². The Morgan fingerprint density at radius 2 is 2.10 bits per heavy atom. The van der Waals surface area contributed by atoms with Gasteiger partial charge in [-0.15, -0.1) is 6.58 Å². The number of benzene rings is 1. The van der Waals surface area contributed by atoms with E-state index >= 15 is 0 Å². The number of carbonyl (C=O) groups excluding carboxylic acids is 1. The zero-order valence-electron chi connectivity index (χ0n) is 12.0. The van der Waals surface area contributed by atoms with Crippen LogP contribution in [0.15, 0.2) is 49.2 Å². The SMILES string of the molecule is C=CC[C@@H](C)CCC(=O)Cc1cc2ccccc2cn1. The summed E-state index contributed by atoms with van der Waals surface area (Å²) in [5, 5.41) is 2.26. The molecule has 0 spiro atoms. The highest BCUT2D eigenvalue weighted by atomic mass is 16.1. The van der Waals surface area contributed by atoms with Gasteiger partial charge in [0.1, 0.15) is 5.78 Å². The summed E-state index contributed by atoms with van der Waals surface area (Å²) in [5.41, 5.74) is 0.866. The molecule has 2 heteroatoms. The van der Waals surface area contributed by atoms with Crippen molar-refractivity contribution in [1.82, 2.24) is 4.98 Å². The summed E-state index contributed by atoms with van der Waals surface area (Å²) in [5.74, 6) is 0.796. The molecule has 1 atom stereocenters. The van der Waals surface area contributed by atoms with E-state index in [0.717, 1.165) is 29.3 Å². The molecular weight excluding hydrogens is 246 g/mol. The first-order chi connectivity index (χ1) is 9.69. The maximum absolute atomic E-state index is 12.0. The molecule has 0 saturated carbocycles. The van der Waals surface area contributed by atoms with Gasteiger partial charge in [0, 0.05) is 30.1 Å². The summed E-state index contributed by atoms with van der Waals surface area (Å²) in [6.07, 6.45) is 6.73. The van der Waals surface area contributed by atoms with Crippen molar-refractivity contribution in [2.75, 3.05) is 0 Å². The maximum atomic E-state index is 12.0. The van der Waals surface area contributed by atoms with Gasteiger partial charge in [-0.1, -0.05) is 37.3 Å². The van der Waals surface area contributed by atoms with Crippen molar-refractivity contribution in [3.63, 3.8) is 0 Å². The first-order valence-electron chi connectivity index (χ1n) is 7.15. The van der Waals surface area contributed by atoms with Crippen LogP contribution in [0.2, 0.25) is 0 Å². The predicted molar refractivity (Wildman–Crippen MR) is 83.7 cm³/mol. The fourth-order valence-electron chi connectivity index (χ4n) is 2.33. The van der Waals surface area contributed by atoms with Gasteiger partial charge in [0.05, 0.1) is 0 Å². The molecule has 1 heterocycles. The highest BCUT2D eigenvalue weighted by Gasteiger charge is 2.08. The van der Waals surface area contributed by atoms with E-state index in [1.165, 1.54) is 0 Å². The molecular formula is C18H21NO. The third kappa shape index (κ3) is 4.02. The monoisotopic (exact) mass is 267 g/mol. The Morgan fingerprint density at radius 1 is 1.35 bits per heavy atom. The van der Waals surface area contributed by atoms with E-state index in [1.54, 1.807) is 0 Å². The van der Waals surface area contributed by atoms with Crippen LogP contribution in [0.3, 0.4) is 0 Å². The average molecular weight is 267 g/mol. The maximum Gasteiger partial charge on any atom is 0.138 e. The van der Waals surface area contributed by atoms with Gasteiger partial charge in [-0.05, 0) is 30.2 Å². The zero-order chi connectivity index (χ0) is 14.4. The molecule has 0 fully saturated rings. The standard InChI is InChI=1S/C18H21NO/c1-3-6-14(2)9-10-18(20)12-17-11-15-7-4-5-8-16(15)13-19-17/h3-5,7-8,11,13-14H,1,6,9-10,12H2,2H3/t14-/m1/s1. The normalized spacial score (nSPS) is 12.2. The fourth-order valence-corrected chi connectivity index (χ4v) is 2.33. The van der Waals surface area contributed by atoms with E-state index in [1.807, 2.05) is 36.5 Å². The van der Waals surface area contributed by atoms with E-state index in [4.69, 9.17) is 0 Å². The predicted octanol–water partition coefficient (Wildman–Crippen LogP) is 4.34. The van der Waals surface area contributed by atoms with Crippen LogP contribution in [0.1, 0.15) is 31.9 Å². The number of nitrogens with zero attached hydrogens (tertiary/aromatic N) is 1. The molecule has 0 unspecified atom stereocenters. The molecule has 1 aromatic carbocycles. The van der Waals surface area contributed by atoms with Gasteiger partial charge in [0.25, 0.3) is 0 Å². The molecule has 0 bridgehead atoms. The van der Waals surface area contributed by atoms with Crippen molar-refractivity contribution >= 4 is 16.6 Å². The average Bonchev–Trinajstić information content (AvgIpc) is 2.45. The molecule has 2 nitrogen and oxygen atoms in total. The number of pyridine rings is 1. The van der Waals surface area contributed by atoms with Crippen molar-refractivity contribution in [3.05, 3.63) is 54.9 Å². The van der Waals surface area contributed by atoms with Crippen molar-refractivity contribution in [2.45, 2.75) is 32.6 Å². The number of allylic oxidation sites excluding steroid dienone is 1. The molecule has 104 valence electrons. The lowest BCUT2D eigenvalue weighted by atomic mass is 9.98. The quantitative estimate of drug-likeness (QED) is 0.698. The largest absolute Gasteiger partial charge is 0.299 e. The minimum atomic E-state index is 0.267. The van der Waals surface area contributed by atoms with Gasteiger partial charge in [0.2, 0.25) is 0 Å². The Bertz CT molecular complexity index is 603. The molecule has 0 aliphatic carbocycles. The van der Waals surface area contributed by atoms with Crippen LogP contribution >= 0.6 is 0 Å². The lowest BCUT2D eigenvalue weighted by Gasteiger charge is -2.07. The zero-order valence-corrected chi connectivity index (χ0v) is 12.0. The summed E-state index contributed by atoms with van der Waals surface area (Å²) in [6.45, 7) is 5.89. The second kappa shape index (κ2) is 6.99. The van der Waals surface area contributed by atoms with Crippen molar-refractivity contribution in [3.8, 4) is 0 Å². The third-order valence-electron chi connectivity index (χ3n) is 3.55. The number of hydrogen-bond donors (Lipinski definition) is 0. The Morgan fingerprint density at radius 3 is 2.85 bits per heavy atom. The fraction of sp³-hybridized carbons (Fsp3) is 0.333. The first-order valence-corrected chi connectivity index (χ1v) is 7.15. The molecule has 0 saturated heterocycles. The molecule has 0 amide bonds. The molecule has 2 aromatic rings. The number of aromatic nitrogens is 1. The van der Waals surface area contributed by atoms with E-state index in [2.05, 4.69) is 24.6 Å². The molecule has 0 N–H and O–H groups in total. The van der Waals surface area contributed by atoms with Crippen LogP contribution in [0, 0.1) is 5.92 Å². The van der Waals surface area contributed by atoms with Gasteiger partial charge >= 0.3 is 0 Å². The van der Waals surface area contributed by atoms with Gasteiger partial charge in [0.15, 0.2) is 0 Å². The Balaban J connectivity index is 1.94. The van der Waals surface area contributed by atoms with Gasteiger partial charge < -0.3 is 0 Å². The topological polar surface area (TPSA) is 30.0 Å². The molecule has 0 aliphatic heterocycles. The van der Waals surface area contributed by atoms with Crippen molar-refractivity contribution < 1.29 is 4.79 Å². The summed E-state index contributed by atoms with van der Waals surface area (Å²) in [7, 11) is 0. The summed E-state index contributed by atoms with van der Waals surface area (Å²) >= 11 is 0. The van der Waals surface area contributed by atoms with Crippen molar-refractivity contribution in [1.29, 1.82) is 0 Å².